The molecule has 0 aliphatic rings. The monoisotopic (exact) mass is 327 g/mol. The molecule has 24 heavy (non-hydrogen) atoms. The lowest BCUT2D eigenvalue weighted by Gasteiger charge is -2.22. The maximum atomic E-state index is 4.53. The minimum absolute atomic E-state index is 0.672. The molecule has 5 nitrogen and oxygen atoms in total. The van der Waals surface area contributed by atoms with E-state index in [9.17, 15) is 0 Å². The van der Waals surface area contributed by atoms with E-state index in [1.54, 1.807) is 6.20 Å². The molecule has 1 heterocycles. The van der Waals surface area contributed by atoms with E-state index in [0.717, 1.165) is 44.0 Å². The summed E-state index contributed by atoms with van der Waals surface area (Å²) in [5.41, 5.74) is 3.54. The van der Waals surface area contributed by atoms with Gasteiger partial charge in [0.2, 0.25) is 5.95 Å². The average Bonchev–Trinajstić information content (AvgIpc) is 2.59. The van der Waals surface area contributed by atoms with Crippen LogP contribution in [0.5, 0.6) is 0 Å². The highest BCUT2D eigenvalue weighted by Gasteiger charge is 2.06. The third-order valence-corrected chi connectivity index (χ3v) is 4.07. The van der Waals surface area contributed by atoms with Crippen LogP contribution >= 0.6 is 0 Å². The first kappa shape index (κ1) is 18.0. The van der Waals surface area contributed by atoms with Crippen LogP contribution in [0.2, 0.25) is 0 Å². The molecule has 130 valence electrons. The lowest BCUT2D eigenvalue weighted by atomic mass is 10.1. The summed E-state index contributed by atoms with van der Waals surface area (Å²) >= 11 is 0. The van der Waals surface area contributed by atoms with E-state index < -0.39 is 0 Å². The largest absolute Gasteiger partial charge is 0.372 e. The molecule has 0 saturated carbocycles. The van der Waals surface area contributed by atoms with E-state index >= 15 is 0 Å². The van der Waals surface area contributed by atoms with E-state index in [1.165, 1.54) is 11.3 Å². The smallest absolute Gasteiger partial charge is 0.224 e. The Balaban J connectivity index is 2.09. The quantitative estimate of drug-likeness (QED) is 0.660. The van der Waals surface area contributed by atoms with Gasteiger partial charge in [-0.15, -0.1) is 0 Å². The van der Waals surface area contributed by atoms with Gasteiger partial charge in [-0.05, 0) is 57.0 Å². The van der Waals surface area contributed by atoms with Crippen LogP contribution in [0.25, 0.3) is 0 Å². The van der Waals surface area contributed by atoms with Gasteiger partial charge in [0, 0.05) is 37.2 Å². The van der Waals surface area contributed by atoms with Crippen molar-refractivity contribution in [1.29, 1.82) is 0 Å². The summed E-state index contributed by atoms with van der Waals surface area (Å²) in [4.78, 5) is 11.1. The Kier molecular flexibility index (Phi) is 6.85. The van der Waals surface area contributed by atoms with Gasteiger partial charge in [-0.25, -0.2) is 4.98 Å². The SMILES string of the molecule is CCCCNc1nccc(Nc2ccc(N(CC)CC)cc2C)n1. The molecule has 0 bridgehead atoms. The van der Waals surface area contributed by atoms with E-state index in [-0.39, 0.29) is 0 Å². The van der Waals surface area contributed by atoms with Crippen molar-refractivity contribution < 1.29 is 0 Å². The third-order valence-electron chi connectivity index (χ3n) is 4.07. The molecule has 2 aromatic rings. The van der Waals surface area contributed by atoms with Crippen molar-refractivity contribution in [3.63, 3.8) is 0 Å². The third kappa shape index (κ3) is 4.85. The van der Waals surface area contributed by atoms with Gasteiger partial charge >= 0.3 is 0 Å². The molecule has 0 amide bonds. The summed E-state index contributed by atoms with van der Waals surface area (Å²) in [6, 6.07) is 8.39. The van der Waals surface area contributed by atoms with Crippen molar-refractivity contribution in [1.82, 2.24) is 9.97 Å². The van der Waals surface area contributed by atoms with Gasteiger partial charge in [0.25, 0.3) is 0 Å². The van der Waals surface area contributed by atoms with Crippen LogP contribution in [0.4, 0.5) is 23.1 Å². The summed E-state index contributed by atoms with van der Waals surface area (Å²) in [5, 5.41) is 6.65. The summed E-state index contributed by atoms with van der Waals surface area (Å²) < 4.78 is 0. The summed E-state index contributed by atoms with van der Waals surface area (Å²) in [7, 11) is 0. The Labute approximate surface area is 145 Å². The molecule has 1 aromatic carbocycles. The minimum atomic E-state index is 0.672. The maximum absolute atomic E-state index is 4.53. The second-order valence-electron chi connectivity index (χ2n) is 5.84. The number of aryl methyl sites for hydroxylation is 1. The van der Waals surface area contributed by atoms with Gasteiger partial charge in [0.1, 0.15) is 5.82 Å². The van der Waals surface area contributed by atoms with Crippen LogP contribution in [0, 0.1) is 6.92 Å². The summed E-state index contributed by atoms with van der Waals surface area (Å²) in [6.07, 6.45) is 4.05. The van der Waals surface area contributed by atoms with Gasteiger partial charge < -0.3 is 15.5 Å². The lowest BCUT2D eigenvalue weighted by molar-refractivity contribution is 0.826. The molecule has 0 aliphatic carbocycles. The van der Waals surface area contributed by atoms with Crippen molar-refractivity contribution in [2.45, 2.75) is 40.5 Å². The molecule has 0 fully saturated rings. The first-order chi connectivity index (χ1) is 11.7. The number of benzene rings is 1. The number of hydrogen-bond donors (Lipinski definition) is 2. The topological polar surface area (TPSA) is 53.1 Å². The molecule has 0 saturated heterocycles. The van der Waals surface area contributed by atoms with Crippen molar-refractivity contribution in [2.75, 3.05) is 35.2 Å². The molecule has 0 atom stereocenters. The van der Waals surface area contributed by atoms with Gasteiger partial charge in [0.05, 0.1) is 0 Å². The lowest BCUT2D eigenvalue weighted by Crippen LogP contribution is -2.21. The number of rotatable bonds is 9. The Morgan fingerprint density at radius 2 is 1.88 bits per heavy atom. The molecule has 1 aromatic heterocycles. The van der Waals surface area contributed by atoms with E-state index in [1.807, 2.05) is 6.07 Å². The van der Waals surface area contributed by atoms with Crippen molar-refractivity contribution >= 4 is 23.1 Å². The minimum Gasteiger partial charge on any atom is -0.372 e. The first-order valence-electron chi connectivity index (χ1n) is 8.87. The molecular formula is C19H29N5. The van der Waals surface area contributed by atoms with Crippen LogP contribution in [0.15, 0.2) is 30.5 Å². The van der Waals surface area contributed by atoms with Crippen LogP contribution in [0.3, 0.4) is 0 Å². The highest BCUT2D eigenvalue weighted by Crippen LogP contribution is 2.25. The summed E-state index contributed by atoms with van der Waals surface area (Å²) in [5.74, 6) is 1.48. The highest BCUT2D eigenvalue weighted by atomic mass is 15.1. The van der Waals surface area contributed by atoms with Gasteiger partial charge in [-0.3, -0.25) is 0 Å². The second kappa shape index (κ2) is 9.11. The molecule has 0 radical (unpaired) electrons. The van der Waals surface area contributed by atoms with Gasteiger partial charge in [-0.2, -0.15) is 4.98 Å². The molecule has 0 aliphatic heterocycles. The van der Waals surface area contributed by atoms with Crippen LogP contribution in [-0.4, -0.2) is 29.6 Å². The highest BCUT2D eigenvalue weighted by molar-refractivity contribution is 5.65. The molecular weight excluding hydrogens is 298 g/mol. The maximum Gasteiger partial charge on any atom is 0.224 e. The molecule has 2 rings (SSSR count). The fourth-order valence-corrected chi connectivity index (χ4v) is 2.60. The Hall–Kier alpha value is -2.30. The molecule has 2 N–H and O–H groups in total. The normalized spacial score (nSPS) is 10.5. The summed E-state index contributed by atoms with van der Waals surface area (Å²) in [6.45, 7) is 11.6. The van der Waals surface area contributed by atoms with Gasteiger partial charge in [-0.1, -0.05) is 13.3 Å². The average molecular weight is 327 g/mol. The molecule has 0 unspecified atom stereocenters. The van der Waals surface area contributed by atoms with E-state index in [4.69, 9.17) is 0 Å². The van der Waals surface area contributed by atoms with Crippen molar-refractivity contribution in [2.24, 2.45) is 0 Å². The fourth-order valence-electron chi connectivity index (χ4n) is 2.60. The standard InChI is InChI=1S/C19H29N5/c1-5-8-12-20-19-21-13-11-18(23-19)22-17-10-9-16(14-15(17)4)24(6-2)7-3/h9-11,13-14H,5-8,12H2,1-4H3,(H2,20,21,22,23). The zero-order valence-corrected chi connectivity index (χ0v) is 15.3. The van der Waals surface area contributed by atoms with E-state index in [2.05, 4.69) is 71.4 Å². The van der Waals surface area contributed by atoms with Crippen LogP contribution in [-0.2, 0) is 0 Å². The Morgan fingerprint density at radius 1 is 1.08 bits per heavy atom. The predicted molar refractivity (Wildman–Crippen MR) is 103 cm³/mol. The zero-order valence-electron chi connectivity index (χ0n) is 15.3. The molecule has 5 heteroatoms. The van der Waals surface area contributed by atoms with Crippen molar-refractivity contribution in [3.05, 3.63) is 36.0 Å². The van der Waals surface area contributed by atoms with Crippen LogP contribution in [0.1, 0.15) is 39.2 Å². The fraction of sp³-hybridized carbons (Fsp3) is 0.474. The van der Waals surface area contributed by atoms with Crippen LogP contribution < -0.4 is 15.5 Å². The number of unbranched alkanes of at least 4 members (excludes halogenated alkanes) is 1. The van der Waals surface area contributed by atoms with E-state index in [0.29, 0.717) is 5.95 Å². The number of aromatic nitrogens is 2. The number of nitrogens with zero attached hydrogens (tertiary/aromatic N) is 3. The Bertz CT molecular complexity index is 637. The predicted octanol–water partition coefficient (Wildman–Crippen LogP) is 4.59. The number of anilines is 4. The molecule has 0 spiro atoms. The second-order valence-corrected chi connectivity index (χ2v) is 5.84. The van der Waals surface area contributed by atoms with Crippen molar-refractivity contribution in [3.8, 4) is 0 Å². The number of hydrogen-bond acceptors (Lipinski definition) is 5. The van der Waals surface area contributed by atoms with Gasteiger partial charge in [0.15, 0.2) is 0 Å². The number of nitrogens with one attached hydrogen (secondary N) is 2. The Morgan fingerprint density at radius 3 is 2.54 bits per heavy atom. The first-order valence-corrected chi connectivity index (χ1v) is 8.87. The zero-order chi connectivity index (χ0) is 17.4.